The largest absolute Gasteiger partial charge is 0.292 e. The molecule has 0 fully saturated rings. The lowest BCUT2D eigenvalue weighted by Crippen LogP contribution is -2.23. The standard InChI is InChI=1S/C11H9F2NO/c1-11(2,6-14)10(15)8-4-3-7(12)5-9(8)13/h3-5H,1-2H3. The quantitative estimate of drug-likeness (QED) is 0.702. The van der Waals surface area contributed by atoms with Gasteiger partial charge in [-0.15, -0.1) is 0 Å². The van der Waals surface area contributed by atoms with Crippen LogP contribution in [-0.2, 0) is 0 Å². The molecule has 0 saturated heterocycles. The first-order valence-electron chi connectivity index (χ1n) is 4.29. The van der Waals surface area contributed by atoms with Crippen molar-refractivity contribution in [1.29, 1.82) is 5.26 Å². The predicted octanol–water partition coefficient (Wildman–Crippen LogP) is 2.70. The second-order valence-corrected chi connectivity index (χ2v) is 3.69. The van der Waals surface area contributed by atoms with E-state index in [1.165, 1.54) is 13.8 Å². The van der Waals surface area contributed by atoms with Crippen LogP contribution in [0.3, 0.4) is 0 Å². The van der Waals surface area contributed by atoms with Crippen LogP contribution >= 0.6 is 0 Å². The van der Waals surface area contributed by atoms with Gasteiger partial charge in [0.15, 0.2) is 5.78 Å². The maximum absolute atomic E-state index is 13.2. The summed E-state index contributed by atoms with van der Waals surface area (Å²) in [6, 6.07) is 4.43. The highest BCUT2D eigenvalue weighted by Crippen LogP contribution is 2.22. The van der Waals surface area contributed by atoms with Gasteiger partial charge in [0.25, 0.3) is 0 Å². The van der Waals surface area contributed by atoms with Crippen LogP contribution < -0.4 is 0 Å². The molecule has 0 amide bonds. The molecule has 0 aliphatic rings. The molecule has 0 saturated carbocycles. The van der Waals surface area contributed by atoms with Crippen molar-refractivity contribution in [2.24, 2.45) is 5.41 Å². The summed E-state index contributed by atoms with van der Waals surface area (Å²) in [5.41, 5.74) is -1.57. The number of carbonyl (C=O) groups excluding carboxylic acids is 1. The molecular weight excluding hydrogens is 200 g/mol. The molecule has 0 N–H and O–H groups in total. The Hall–Kier alpha value is -1.76. The van der Waals surface area contributed by atoms with Crippen LogP contribution in [0.15, 0.2) is 18.2 Å². The lowest BCUT2D eigenvalue weighted by atomic mass is 9.86. The highest BCUT2D eigenvalue weighted by molar-refractivity contribution is 6.01. The van der Waals surface area contributed by atoms with Crippen molar-refractivity contribution >= 4 is 5.78 Å². The summed E-state index contributed by atoms with van der Waals surface area (Å²) < 4.78 is 25.8. The maximum atomic E-state index is 13.2. The summed E-state index contributed by atoms with van der Waals surface area (Å²) in [6.45, 7) is 2.77. The molecule has 1 aromatic rings. The molecular formula is C11H9F2NO. The van der Waals surface area contributed by atoms with Crippen molar-refractivity contribution in [1.82, 2.24) is 0 Å². The Morgan fingerprint density at radius 1 is 1.40 bits per heavy atom. The molecule has 0 heterocycles. The van der Waals surface area contributed by atoms with E-state index < -0.39 is 22.8 Å². The average Bonchev–Trinajstić information content (AvgIpc) is 2.17. The van der Waals surface area contributed by atoms with Gasteiger partial charge < -0.3 is 0 Å². The topological polar surface area (TPSA) is 40.9 Å². The van der Waals surface area contributed by atoms with Crippen LogP contribution in [0.25, 0.3) is 0 Å². The zero-order valence-corrected chi connectivity index (χ0v) is 8.34. The smallest absolute Gasteiger partial charge is 0.185 e. The van der Waals surface area contributed by atoms with Gasteiger partial charge in [-0.25, -0.2) is 8.78 Å². The molecule has 2 nitrogen and oxygen atoms in total. The highest BCUT2D eigenvalue weighted by atomic mass is 19.1. The van der Waals surface area contributed by atoms with E-state index in [-0.39, 0.29) is 5.56 Å². The Morgan fingerprint density at radius 2 is 2.00 bits per heavy atom. The number of rotatable bonds is 2. The summed E-state index contributed by atoms with van der Waals surface area (Å²) in [4.78, 5) is 11.6. The summed E-state index contributed by atoms with van der Waals surface area (Å²) in [7, 11) is 0. The van der Waals surface area contributed by atoms with Crippen molar-refractivity contribution in [2.75, 3.05) is 0 Å². The zero-order chi connectivity index (χ0) is 11.6. The van der Waals surface area contributed by atoms with E-state index in [1.54, 1.807) is 6.07 Å². The van der Waals surface area contributed by atoms with Crippen LogP contribution in [0.4, 0.5) is 8.78 Å². The second-order valence-electron chi connectivity index (χ2n) is 3.69. The minimum absolute atomic E-state index is 0.261. The van der Waals surface area contributed by atoms with Crippen molar-refractivity contribution in [2.45, 2.75) is 13.8 Å². The molecule has 0 atom stereocenters. The van der Waals surface area contributed by atoms with E-state index in [4.69, 9.17) is 5.26 Å². The monoisotopic (exact) mass is 209 g/mol. The van der Waals surface area contributed by atoms with E-state index in [2.05, 4.69) is 0 Å². The molecule has 0 aliphatic carbocycles. The van der Waals surface area contributed by atoms with Gasteiger partial charge in [-0.3, -0.25) is 4.79 Å². The predicted molar refractivity (Wildman–Crippen MR) is 50.1 cm³/mol. The number of halogens is 2. The number of Topliss-reactive ketones (excluding diaryl/α,β-unsaturated/α-hetero) is 1. The average molecular weight is 209 g/mol. The van der Waals surface area contributed by atoms with Crippen LogP contribution in [0.2, 0.25) is 0 Å². The minimum atomic E-state index is -1.31. The number of hydrogen-bond acceptors (Lipinski definition) is 2. The Kier molecular flexibility index (Phi) is 2.85. The minimum Gasteiger partial charge on any atom is -0.292 e. The lowest BCUT2D eigenvalue weighted by molar-refractivity contribution is 0.0887. The number of benzene rings is 1. The molecule has 1 aromatic carbocycles. The van der Waals surface area contributed by atoms with Gasteiger partial charge in [-0.05, 0) is 26.0 Å². The van der Waals surface area contributed by atoms with E-state index in [0.29, 0.717) is 6.07 Å². The van der Waals surface area contributed by atoms with Gasteiger partial charge in [-0.2, -0.15) is 5.26 Å². The molecule has 1 rings (SSSR count). The SMILES string of the molecule is CC(C)(C#N)C(=O)c1ccc(F)cc1F. The third-order valence-corrected chi connectivity index (χ3v) is 2.02. The lowest BCUT2D eigenvalue weighted by Gasteiger charge is -2.13. The number of hydrogen-bond donors (Lipinski definition) is 0. The number of nitriles is 1. The zero-order valence-electron chi connectivity index (χ0n) is 8.34. The normalized spacial score (nSPS) is 10.9. The fourth-order valence-corrected chi connectivity index (χ4v) is 1.06. The summed E-state index contributed by atoms with van der Waals surface area (Å²) >= 11 is 0. The highest BCUT2D eigenvalue weighted by Gasteiger charge is 2.30. The van der Waals surface area contributed by atoms with Crippen molar-refractivity contribution in [3.63, 3.8) is 0 Å². The fraction of sp³-hybridized carbons (Fsp3) is 0.273. The molecule has 0 aromatic heterocycles. The summed E-state index contributed by atoms with van der Waals surface area (Å²) in [6.07, 6.45) is 0. The van der Waals surface area contributed by atoms with Gasteiger partial charge in [-0.1, -0.05) is 0 Å². The molecule has 0 aliphatic heterocycles. The number of nitrogens with zero attached hydrogens (tertiary/aromatic N) is 1. The molecule has 0 radical (unpaired) electrons. The van der Waals surface area contributed by atoms with E-state index in [0.717, 1.165) is 12.1 Å². The first-order valence-corrected chi connectivity index (χ1v) is 4.29. The van der Waals surface area contributed by atoms with Gasteiger partial charge in [0, 0.05) is 6.07 Å². The van der Waals surface area contributed by atoms with Gasteiger partial charge in [0.1, 0.15) is 17.0 Å². The van der Waals surface area contributed by atoms with Gasteiger partial charge >= 0.3 is 0 Å². The molecule has 4 heteroatoms. The van der Waals surface area contributed by atoms with Crippen LogP contribution in [0, 0.1) is 28.4 Å². The third-order valence-electron chi connectivity index (χ3n) is 2.02. The van der Waals surface area contributed by atoms with Crippen LogP contribution in [0.5, 0.6) is 0 Å². The van der Waals surface area contributed by atoms with E-state index in [1.807, 2.05) is 0 Å². The number of carbonyl (C=O) groups is 1. The summed E-state index contributed by atoms with van der Waals surface area (Å²) in [5.74, 6) is -2.34. The van der Waals surface area contributed by atoms with Crippen LogP contribution in [-0.4, -0.2) is 5.78 Å². The van der Waals surface area contributed by atoms with Crippen LogP contribution in [0.1, 0.15) is 24.2 Å². The first kappa shape index (κ1) is 11.3. The fourth-order valence-electron chi connectivity index (χ4n) is 1.06. The molecule has 0 bridgehead atoms. The Morgan fingerprint density at radius 3 is 2.47 bits per heavy atom. The van der Waals surface area contributed by atoms with E-state index in [9.17, 15) is 13.6 Å². The molecule has 0 unspecified atom stereocenters. The number of ketones is 1. The molecule has 78 valence electrons. The van der Waals surface area contributed by atoms with Crippen molar-refractivity contribution < 1.29 is 13.6 Å². The summed E-state index contributed by atoms with van der Waals surface area (Å²) in [5, 5.41) is 8.70. The first-order chi connectivity index (χ1) is 6.88. The van der Waals surface area contributed by atoms with Crippen molar-refractivity contribution in [3.05, 3.63) is 35.4 Å². The Bertz CT molecular complexity index is 446. The third kappa shape index (κ3) is 2.18. The molecule has 0 spiro atoms. The Labute approximate surface area is 86.1 Å². The van der Waals surface area contributed by atoms with E-state index >= 15 is 0 Å². The van der Waals surface area contributed by atoms with Crippen molar-refractivity contribution in [3.8, 4) is 6.07 Å². The maximum Gasteiger partial charge on any atom is 0.185 e. The van der Waals surface area contributed by atoms with Gasteiger partial charge in [0.05, 0.1) is 11.6 Å². The Balaban J connectivity index is 3.20. The van der Waals surface area contributed by atoms with Gasteiger partial charge in [0.2, 0.25) is 0 Å². The molecule has 15 heavy (non-hydrogen) atoms. The second kappa shape index (κ2) is 3.77.